The van der Waals surface area contributed by atoms with E-state index in [1.54, 1.807) is 0 Å². The van der Waals surface area contributed by atoms with Crippen molar-refractivity contribution in [3.8, 4) is 0 Å². The van der Waals surface area contributed by atoms with E-state index in [1.165, 1.54) is 24.5 Å². The van der Waals surface area contributed by atoms with Crippen molar-refractivity contribution in [2.75, 3.05) is 17.1 Å². The van der Waals surface area contributed by atoms with Crippen LogP contribution in [-0.4, -0.2) is 30.9 Å². The lowest BCUT2D eigenvalue weighted by molar-refractivity contribution is 0.320. The third-order valence-electron chi connectivity index (χ3n) is 1.31. The van der Waals surface area contributed by atoms with Crippen LogP contribution in [0.4, 0.5) is 5.69 Å². The topological polar surface area (TPSA) is 79.3 Å². The van der Waals surface area contributed by atoms with Crippen LogP contribution in [0.15, 0.2) is 24.5 Å². The second kappa shape index (κ2) is 4.20. The van der Waals surface area contributed by atoms with Gasteiger partial charge in [-0.05, 0) is 12.1 Å². The van der Waals surface area contributed by atoms with Crippen LogP contribution in [0.1, 0.15) is 0 Å². The lowest BCUT2D eigenvalue weighted by Gasteiger charge is -2.04. The lowest BCUT2D eigenvalue weighted by atomic mass is 10.4. The maximum Gasteiger partial charge on any atom is 0.234 e. The molecule has 0 saturated heterocycles. The van der Waals surface area contributed by atoms with Gasteiger partial charge < -0.3 is 5.11 Å². The molecule has 2 N–H and O–H groups in total. The van der Waals surface area contributed by atoms with Gasteiger partial charge in [-0.25, -0.2) is 8.42 Å². The number of pyridine rings is 1. The molecule has 0 aromatic carbocycles. The summed E-state index contributed by atoms with van der Waals surface area (Å²) in [6.07, 6.45) is 2.97. The normalized spacial score (nSPS) is 11.2. The summed E-state index contributed by atoms with van der Waals surface area (Å²) in [7, 11) is -3.41. The summed E-state index contributed by atoms with van der Waals surface area (Å²) in [5.74, 6) is -0.296. The van der Waals surface area contributed by atoms with Crippen molar-refractivity contribution in [1.29, 1.82) is 0 Å². The monoisotopic (exact) mass is 202 g/mol. The minimum absolute atomic E-state index is 0.296. The van der Waals surface area contributed by atoms with Crippen LogP contribution in [0.3, 0.4) is 0 Å². The summed E-state index contributed by atoms with van der Waals surface area (Å²) < 4.78 is 24.5. The molecule has 0 atom stereocenters. The maximum atomic E-state index is 11.1. The Morgan fingerprint density at radius 3 is 2.54 bits per heavy atom. The van der Waals surface area contributed by atoms with Gasteiger partial charge in [0.2, 0.25) is 10.0 Å². The summed E-state index contributed by atoms with van der Waals surface area (Å²) in [6, 6.07) is 3.07. The molecule has 1 rings (SSSR count). The molecule has 1 heterocycles. The number of sulfonamides is 1. The summed E-state index contributed by atoms with van der Waals surface area (Å²) in [6.45, 7) is -0.388. The van der Waals surface area contributed by atoms with E-state index in [2.05, 4.69) is 9.71 Å². The molecule has 0 aliphatic heterocycles. The standard InChI is InChI=1S/C7H10N2O3S/c10-5-6-13(11,12)9-7-1-3-8-4-2-7/h1-4,10H,5-6H2,(H,8,9). The fourth-order valence-corrected chi connectivity index (χ4v) is 1.61. The van der Waals surface area contributed by atoms with Crippen LogP contribution < -0.4 is 4.72 Å². The van der Waals surface area contributed by atoms with Gasteiger partial charge in [-0.3, -0.25) is 9.71 Å². The van der Waals surface area contributed by atoms with Gasteiger partial charge in [0.1, 0.15) is 0 Å². The molecule has 0 bridgehead atoms. The molecule has 72 valence electrons. The van der Waals surface area contributed by atoms with Gasteiger partial charge >= 0.3 is 0 Å². The maximum absolute atomic E-state index is 11.1. The van der Waals surface area contributed by atoms with E-state index >= 15 is 0 Å². The molecular formula is C7H10N2O3S. The molecule has 5 nitrogen and oxygen atoms in total. The van der Waals surface area contributed by atoms with Crippen LogP contribution >= 0.6 is 0 Å². The zero-order valence-electron chi connectivity index (χ0n) is 6.84. The van der Waals surface area contributed by atoms with E-state index in [9.17, 15) is 8.42 Å². The number of nitrogens with one attached hydrogen (secondary N) is 1. The number of hydrogen-bond donors (Lipinski definition) is 2. The van der Waals surface area contributed by atoms with Crippen molar-refractivity contribution >= 4 is 15.7 Å². The Balaban J connectivity index is 2.70. The van der Waals surface area contributed by atoms with Crippen molar-refractivity contribution in [3.63, 3.8) is 0 Å². The minimum Gasteiger partial charge on any atom is -0.395 e. The highest BCUT2D eigenvalue weighted by molar-refractivity contribution is 7.92. The minimum atomic E-state index is -3.41. The molecule has 0 aliphatic carbocycles. The smallest absolute Gasteiger partial charge is 0.234 e. The number of anilines is 1. The van der Waals surface area contributed by atoms with Gasteiger partial charge in [0, 0.05) is 12.4 Å². The van der Waals surface area contributed by atoms with Gasteiger partial charge in [-0.1, -0.05) is 0 Å². The lowest BCUT2D eigenvalue weighted by Crippen LogP contribution is -2.18. The Morgan fingerprint density at radius 2 is 2.00 bits per heavy atom. The summed E-state index contributed by atoms with van der Waals surface area (Å²) in [5, 5.41) is 8.45. The SMILES string of the molecule is O=S(=O)(CCO)Nc1ccncc1. The van der Waals surface area contributed by atoms with E-state index < -0.39 is 10.0 Å². The molecule has 0 spiro atoms. The fourth-order valence-electron chi connectivity index (χ4n) is 0.771. The zero-order valence-corrected chi connectivity index (χ0v) is 7.66. The average Bonchev–Trinajstić information content (AvgIpc) is 2.04. The van der Waals surface area contributed by atoms with Crippen LogP contribution in [0.2, 0.25) is 0 Å². The van der Waals surface area contributed by atoms with Gasteiger partial charge in [-0.15, -0.1) is 0 Å². The van der Waals surface area contributed by atoms with Crippen molar-refractivity contribution in [2.45, 2.75) is 0 Å². The van der Waals surface area contributed by atoms with Gasteiger partial charge in [0.05, 0.1) is 18.0 Å². The number of hydrogen-bond acceptors (Lipinski definition) is 4. The molecule has 0 fully saturated rings. The Kier molecular flexibility index (Phi) is 3.21. The molecule has 0 saturated carbocycles. The highest BCUT2D eigenvalue weighted by Crippen LogP contribution is 2.05. The van der Waals surface area contributed by atoms with Crippen LogP contribution in [0.25, 0.3) is 0 Å². The highest BCUT2D eigenvalue weighted by Gasteiger charge is 2.08. The highest BCUT2D eigenvalue weighted by atomic mass is 32.2. The number of nitrogens with zero attached hydrogens (tertiary/aromatic N) is 1. The Morgan fingerprint density at radius 1 is 1.38 bits per heavy atom. The molecule has 6 heteroatoms. The third-order valence-corrected chi connectivity index (χ3v) is 2.58. The van der Waals surface area contributed by atoms with Crippen molar-refractivity contribution < 1.29 is 13.5 Å². The molecule has 1 aromatic rings. The summed E-state index contributed by atoms with van der Waals surface area (Å²) in [4.78, 5) is 3.74. The van der Waals surface area contributed by atoms with Crippen LogP contribution in [0.5, 0.6) is 0 Å². The largest absolute Gasteiger partial charge is 0.395 e. The molecule has 13 heavy (non-hydrogen) atoms. The molecule has 0 amide bonds. The third kappa shape index (κ3) is 3.39. The summed E-state index contributed by atoms with van der Waals surface area (Å²) >= 11 is 0. The first-order valence-electron chi connectivity index (χ1n) is 3.65. The predicted molar refractivity (Wildman–Crippen MR) is 48.7 cm³/mol. The number of aliphatic hydroxyl groups is 1. The fraction of sp³-hybridized carbons (Fsp3) is 0.286. The molecule has 0 radical (unpaired) electrons. The van der Waals surface area contributed by atoms with E-state index in [0.29, 0.717) is 5.69 Å². The predicted octanol–water partition coefficient (Wildman–Crippen LogP) is -0.184. The van der Waals surface area contributed by atoms with Crippen molar-refractivity contribution in [1.82, 2.24) is 4.98 Å². The first-order valence-corrected chi connectivity index (χ1v) is 5.31. The second-order valence-corrected chi connectivity index (χ2v) is 4.22. The Bertz CT molecular complexity index is 349. The number of aliphatic hydroxyl groups excluding tert-OH is 1. The zero-order chi connectivity index (χ0) is 9.73. The van der Waals surface area contributed by atoms with Gasteiger partial charge in [0.25, 0.3) is 0 Å². The van der Waals surface area contributed by atoms with E-state index in [4.69, 9.17) is 5.11 Å². The molecule has 1 aromatic heterocycles. The van der Waals surface area contributed by atoms with Gasteiger partial charge in [0.15, 0.2) is 0 Å². The molecular weight excluding hydrogens is 192 g/mol. The number of rotatable bonds is 4. The van der Waals surface area contributed by atoms with Crippen LogP contribution in [-0.2, 0) is 10.0 Å². The summed E-state index contributed by atoms with van der Waals surface area (Å²) in [5.41, 5.74) is 0.448. The van der Waals surface area contributed by atoms with Crippen molar-refractivity contribution in [2.24, 2.45) is 0 Å². The van der Waals surface area contributed by atoms with E-state index in [-0.39, 0.29) is 12.4 Å². The first-order chi connectivity index (χ1) is 6.14. The van der Waals surface area contributed by atoms with E-state index in [0.717, 1.165) is 0 Å². The first kappa shape index (κ1) is 9.94. The van der Waals surface area contributed by atoms with Crippen LogP contribution in [0, 0.1) is 0 Å². The quantitative estimate of drug-likeness (QED) is 0.709. The molecule has 0 unspecified atom stereocenters. The van der Waals surface area contributed by atoms with Gasteiger partial charge in [-0.2, -0.15) is 0 Å². The van der Waals surface area contributed by atoms with Crippen molar-refractivity contribution in [3.05, 3.63) is 24.5 Å². The Hall–Kier alpha value is -1.14. The molecule has 0 aliphatic rings. The average molecular weight is 202 g/mol. The second-order valence-electron chi connectivity index (χ2n) is 2.38. The van der Waals surface area contributed by atoms with E-state index in [1.807, 2.05) is 0 Å². The number of aromatic nitrogens is 1. The Labute approximate surface area is 76.5 Å².